The number of anilines is 1. The van der Waals surface area contributed by atoms with Crippen LogP contribution >= 0.6 is 15.9 Å². The lowest BCUT2D eigenvalue weighted by atomic mass is 10.1. The molecule has 2 atom stereocenters. The van der Waals surface area contributed by atoms with E-state index in [0.29, 0.717) is 10.9 Å². The zero-order valence-corrected chi connectivity index (χ0v) is 11.7. The Bertz CT molecular complexity index is 507. The van der Waals surface area contributed by atoms with Gasteiger partial charge in [0.2, 0.25) is 0 Å². The van der Waals surface area contributed by atoms with Crippen molar-refractivity contribution in [3.05, 3.63) is 40.6 Å². The van der Waals surface area contributed by atoms with Crippen molar-refractivity contribution < 1.29 is 14.3 Å². The normalized spacial score (nSPS) is 21.4. The summed E-state index contributed by atoms with van der Waals surface area (Å²) in [6.07, 6.45) is 4.35. The SMILES string of the molecule is O=C(Nc1cc(Br)ccc1F)N[C@@H]1C=C[C@H](CO)C1. The molecule has 19 heavy (non-hydrogen) atoms. The number of aliphatic hydroxyl groups is 1. The molecule has 0 radical (unpaired) electrons. The van der Waals surface area contributed by atoms with E-state index in [1.807, 2.05) is 12.2 Å². The average molecular weight is 329 g/mol. The average Bonchev–Trinajstić information content (AvgIpc) is 2.81. The lowest BCUT2D eigenvalue weighted by Crippen LogP contribution is -2.36. The Labute approximate surface area is 118 Å². The first kappa shape index (κ1) is 14.0. The first-order chi connectivity index (χ1) is 9.08. The van der Waals surface area contributed by atoms with Crippen molar-refractivity contribution in [2.45, 2.75) is 12.5 Å². The van der Waals surface area contributed by atoms with Crippen LogP contribution in [0.25, 0.3) is 0 Å². The Morgan fingerprint density at radius 1 is 1.47 bits per heavy atom. The minimum atomic E-state index is -0.492. The van der Waals surface area contributed by atoms with Crippen LogP contribution in [0.5, 0.6) is 0 Å². The minimum absolute atomic E-state index is 0.0660. The summed E-state index contributed by atoms with van der Waals surface area (Å²) in [6, 6.07) is 3.73. The predicted molar refractivity (Wildman–Crippen MR) is 74.4 cm³/mol. The van der Waals surface area contributed by atoms with Crippen molar-refractivity contribution in [2.24, 2.45) is 5.92 Å². The van der Waals surface area contributed by atoms with Crippen LogP contribution < -0.4 is 10.6 Å². The zero-order valence-electron chi connectivity index (χ0n) is 10.1. The van der Waals surface area contributed by atoms with E-state index in [9.17, 15) is 9.18 Å². The maximum absolute atomic E-state index is 13.4. The quantitative estimate of drug-likeness (QED) is 0.747. The fourth-order valence-corrected chi connectivity index (χ4v) is 2.30. The Balaban J connectivity index is 1.91. The Kier molecular flexibility index (Phi) is 4.55. The highest BCUT2D eigenvalue weighted by Gasteiger charge is 2.20. The Hall–Kier alpha value is -1.40. The molecule has 0 saturated carbocycles. The van der Waals surface area contributed by atoms with E-state index in [-0.39, 0.29) is 24.3 Å². The summed E-state index contributed by atoms with van der Waals surface area (Å²) < 4.78 is 14.1. The number of carbonyl (C=O) groups is 1. The van der Waals surface area contributed by atoms with E-state index in [2.05, 4.69) is 26.6 Å². The first-order valence-corrected chi connectivity index (χ1v) is 6.69. The molecule has 102 valence electrons. The van der Waals surface area contributed by atoms with Gasteiger partial charge in [-0.3, -0.25) is 0 Å². The minimum Gasteiger partial charge on any atom is -0.396 e. The molecule has 2 rings (SSSR count). The van der Waals surface area contributed by atoms with Gasteiger partial charge in [-0.15, -0.1) is 0 Å². The molecule has 1 aliphatic carbocycles. The largest absolute Gasteiger partial charge is 0.396 e. The summed E-state index contributed by atoms with van der Waals surface area (Å²) in [4.78, 5) is 11.7. The molecule has 6 heteroatoms. The van der Waals surface area contributed by atoms with Crippen molar-refractivity contribution in [1.82, 2.24) is 5.32 Å². The van der Waals surface area contributed by atoms with Crippen molar-refractivity contribution in [2.75, 3.05) is 11.9 Å². The highest BCUT2D eigenvalue weighted by Crippen LogP contribution is 2.20. The van der Waals surface area contributed by atoms with Gasteiger partial charge in [0.15, 0.2) is 0 Å². The van der Waals surface area contributed by atoms with Gasteiger partial charge in [0, 0.05) is 23.0 Å². The maximum atomic E-state index is 13.4. The fourth-order valence-electron chi connectivity index (χ4n) is 1.94. The molecule has 0 aromatic heterocycles. The van der Waals surface area contributed by atoms with Gasteiger partial charge >= 0.3 is 6.03 Å². The molecule has 1 aliphatic rings. The number of benzene rings is 1. The molecule has 0 aliphatic heterocycles. The van der Waals surface area contributed by atoms with E-state index in [0.717, 1.165) is 0 Å². The molecule has 3 N–H and O–H groups in total. The number of amides is 2. The molecule has 0 fully saturated rings. The van der Waals surface area contributed by atoms with Crippen molar-refractivity contribution >= 4 is 27.6 Å². The number of carbonyl (C=O) groups excluding carboxylic acids is 1. The number of hydrogen-bond acceptors (Lipinski definition) is 2. The van der Waals surface area contributed by atoms with Crippen LogP contribution in [0.4, 0.5) is 14.9 Å². The third-order valence-corrected chi connectivity index (χ3v) is 3.39. The number of halogens is 2. The maximum Gasteiger partial charge on any atom is 0.319 e. The lowest BCUT2D eigenvalue weighted by Gasteiger charge is -2.14. The lowest BCUT2D eigenvalue weighted by molar-refractivity contribution is 0.238. The van der Waals surface area contributed by atoms with Gasteiger partial charge in [0.25, 0.3) is 0 Å². The molecular formula is C13H14BrFN2O2. The standard InChI is InChI=1S/C13H14BrFN2O2/c14-9-2-4-11(15)12(6-9)17-13(19)16-10-3-1-8(5-10)7-18/h1-4,6,8,10,18H,5,7H2,(H2,16,17,19)/t8-,10+/m0/s1. The molecule has 1 aromatic carbocycles. The van der Waals surface area contributed by atoms with Gasteiger partial charge in [-0.2, -0.15) is 0 Å². The van der Waals surface area contributed by atoms with Crippen LogP contribution in [0.15, 0.2) is 34.8 Å². The summed E-state index contributed by atoms with van der Waals surface area (Å²) >= 11 is 3.21. The second-order valence-corrected chi connectivity index (χ2v) is 5.31. The van der Waals surface area contributed by atoms with Crippen molar-refractivity contribution in [3.63, 3.8) is 0 Å². The fraction of sp³-hybridized carbons (Fsp3) is 0.308. The van der Waals surface area contributed by atoms with Crippen LogP contribution in [-0.4, -0.2) is 23.8 Å². The molecule has 0 spiro atoms. The molecule has 2 amide bonds. The second-order valence-electron chi connectivity index (χ2n) is 4.39. The number of nitrogens with one attached hydrogen (secondary N) is 2. The zero-order chi connectivity index (χ0) is 13.8. The predicted octanol–water partition coefficient (Wildman–Crippen LogP) is 2.65. The van der Waals surface area contributed by atoms with Gasteiger partial charge in [-0.25, -0.2) is 9.18 Å². The molecule has 0 unspecified atom stereocenters. The van der Waals surface area contributed by atoms with Crippen LogP contribution in [0.2, 0.25) is 0 Å². The summed E-state index contributed by atoms with van der Waals surface area (Å²) in [5, 5.41) is 14.2. The van der Waals surface area contributed by atoms with E-state index in [4.69, 9.17) is 5.11 Å². The highest BCUT2D eigenvalue weighted by molar-refractivity contribution is 9.10. The van der Waals surface area contributed by atoms with Crippen LogP contribution in [-0.2, 0) is 0 Å². The second kappa shape index (κ2) is 6.16. The first-order valence-electron chi connectivity index (χ1n) is 5.90. The third-order valence-electron chi connectivity index (χ3n) is 2.90. The van der Waals surface area contributed by atoms with Gasteiger partial charge in [0.05, 0.1) is 5.69 Å². The van der Waals surface area contributed by atoms with Crippen molar-refractivity contribution in [3.8, 4) is 0 Å². The molecular weight excluding hydrogens is 315 g/mol. The van der Waals surface area contributed by atoms with Gasteiger partial charge in [-0.05, 0) is 24.6 Å². The highest BCUT2D eigenvalue weighted by atomic mass is 79.9. The third kappa shape index (κ3) is 3.78. The monoisotopic (exact) mass is 328 g/mol. The summed E-state index contributed by atoms with van der Waals surface area (Å²) in [7, 11) is 0. The van der Waals surface area contributed by atoms with Crippen molar-refractivity contribution in [1.29, 1.82) is 0 Å². The molecule has 0 heterocycles. The van der Waals surface area contributed by atoms with Crippen LogP contribution in [0, 0.1) is 11.7 Å². The summed E-state index contributed by atoms with van der Waals surface area (Å²) in [5.74, 6) is -0.415. The van der Waals surface area contributed by atoms with Gasteiger partial charge in [-0.1, -0.05) is 28.1 Å². The number of rotatable bonds is 3. The smallest absolute Gasteiger partial charge is 0.319 e. The van der Waals surface area contributed by atoms with E-state index < -0.39 is 11.8 Å². The summed E-state index contributed by atoms with van der Waals surface area (Å²) in [6.45, 7) is 0.0660. The summed E-state index contributed by atoms with van der Waals surface area (Å²) in [5.41, 5.74) is 0.118. The molecule has 1 aromatic rings. The van der Waals surface area contributed by atoms with Gasteiger partial charge < -0.3 is 15.7 Å². The van der Waals surface area contributed by atoms with Gasteiger partial charge in [0.1, 0.15) is 5.82 Å². The molecule has 4 nitrogen and oxygen atoms in total. The topological polar surface area (TPSA) is 61.4 Å². The molecule has 0 bridgehead atoms. The van der Waals surface area contributed by atoms with E-state index in [1.54, 1.807) is 6.07 Å². The van der Waals surface area contributed by atoms with Crippen LogP contribution in [0.3, 0.4) is 0 Å². The number of aliphatic hydroxyl groups excluding tert-OH is 1. The Morgan fingerprint density at radius 2 is 2.26 bits per heavy atom. The number of urea groups is 1. The Morgan fingerprint density at radius 3 is 2.95 bits per heavy atom. The number of hydrogen-bond donors (Lipinski definition) is 3. The molecule has 0 saturated heterocycles. The van der Waals surface area contributed by atoms with E-state index >= 15 is 0 Å². The van der Waals surface area contributed by atoms with E-state index in [1.165, 1.54) is 12.1 Å². The van der Waals surface area contributed by atoms with Crippen LogP contribution in [0.1, 0.15) is 6.42 Å².